The standard InChI is InChI=1S/C17H12IN3O4/c18-14-6-10(5-13(16(14)22)17(23)24)7-20-21-12-3-1-11(2-4-12)15-8-19-9-25-15/h1-6,8-9,22H,7H2,(H,23,24). The highest BCUT2D eigenvalue weighted by Gasteiger charge is 2.14. The Morgan fingerprint density at radius 2 is 2.00 bits per heavy atom. The number of carbonyl (C=O) groups is 1. The molecule has 3 rings (SSSR count). The zero-order valence-corrected chi connectivity index (χ0v) is 14.9. The molecule has 8 heteroatoms. The topological polar surface area (TPSA) is 108 Å². The molecule has 0 radical (unpaired) electrons. The summed E-state index contributed by atoms with van der Waals surface area (Å²) in [4.78, 5) is 15.0. The lowest BCUT2D eigenvalue weighted by Crippen LogP contribution is -1.99. The van der Waals surface area contributed by atoms with E-state index in [1.807, 2.05) is 34.7 Å². The van der Waals surface area contributed by atoms with Crippen LogP contribution in [0.15, 0.2) is 63.6 Å². The van der Waals surface area contributed by atoms with E-state index >= 15 is 0 Å². The minimum atomic E-state index is -1.18. The first-order chi connectivity index (χ1) is 12.0. The normalized spacial score (nSPS) is 11.1. The fourth-order valence-electron chi connectivity index (χ4n) is 2.16. The van der Waals surface area contributed by atoms with Gasteiger partial charge in [-0.15, -0.1) is 0 Å². The van der Waals surface area contributed by atoms with E-state index < -0.39 is 5.97 Å². The molecule has 0 bridgehead atoms. The van der Waals surface area contributed by atoms with Gasteiger partial charge in [-0.25, -0.2) is 9.78 Å². The van der Waals surface area contributed by atoms with E-state index in [0.29, 0.717) is 20.6 Å². The SMILES string of the molecule is O=C(O)c1cc(CN=Nc2ccc(-c3cnco3)cc2)cc(I)c1O. The molecule has 0 aliphatic heterocycles. The van der Waals surface area contributed by atoms with E-state index in [2.05, 4.69) is 15.2 Å². The van der Waals surface area contributed by atoms with E-state index in [1.54, 1.807) is 24.4 Å². The molecule has 3 aromatic rings. The second-order valence-electron chi connectivity index (χ2n) is 5.09. The van der Waals surface area contributed by atoms with Crippen LogP contribution in [0.5, 0.6) is 5.75 Å². The maximum absolute atomic E-state index is 11.1. The van der Waals surface area contributed by atoms with Crippen LogP contribution in [0.25, 0.3) is 11.3 Å². The Balaban J connectivity index is 1.72. The van der Waals surface area contributed by atoms with Crippen molar-refractivity contribution in [2.45, 2.75) is 6.54 Å². The minimum Gasteiger partial charge on any atom is -0.506 e. The van der Waals surface area contributed by atoms with Gasteiger partial charge in [-0.1, -0.05) is 0 Å². The van der Waals surface area contributed by atoms with Crippen LogP contribution in [0, 0.1) is 3.57 Å². The van der Waals surface area contributed by atoms with Crippen LogP contribution in [0.2, 0.25) is 0 Å². The van der Waals surface area contributed by atoms with Gasteiger partial charge in [0, 0.05) is 5.56 Å². The summed E-state index contributed by atoms with van der Waals surface area (Å²) >= 11 is 1.88. The lowest BCUT2D eigenvalue weighted by atomic mass is 10.1. The largest absolute Gasteiger partial charge is 0.506 e. The number of azo groups is 1. The van der Waals surface area contributed by atoms with Crippen LogP contribution >= 0.6 is 22.6 Å². The molecular weight excluding hydrogens is 437 g/mol. The average Bonchev–Trinajstić information content (AvgIpc) is 3.13. The Morgan fingerprint density at radius 3 is 2.64 bits per heavy atom. The Morgan fingerprint density at radius 1 is 1.24 bits per heavy atom. The summed E-state index contributed by atoms with van der Waals surface area (Å²) in [6.45, 7) is 0.209. The summed E-state index contributed by atoms with van der Waals surface area (Å²) in [7, 11) is 0. The van der Waals surface area contributed by atoms with E-state index in [0.717, 1.165) is 5.56 Å². The summed E-state index contributed by atoms with van der Waals surface area (Å²) in [5, 5.41) is 27.0. The highest BCUT2D eigenvalue weighted by molar-refractivity contribution is 14.1. The minimum absolute atomic E-state index is 0.145. The first-order valence-electron chi connectivity index (χ1n) is 7.15. The molecule has 0 saturated heterocycles. The number of aromatic nitrogens is 1. The Kier molecular flexibility index (Phi) is 5.08. The second kappa shape index (κ2) is 7.43. The number of halogens is 1. The van der Waals surface area contributed by atoms with Crippen molar-refractivity contribution < 1.29 is 19.4 Å². The van der Waals surface area contributed by atoms with Gasteiger partial charge in [0.2, 0.25) is 0 Å². The third-order valence-electron chi connectivity index (χ3n) is 3.38. The van der Waals surface area contributed by atoms with Crippen molar-refractivity contribution >= 4 is 34.2 Å². The summed E-state index contributed by atoms with van der Waals surface area (Å²) < 4.78 is 5.67. The van der Waals surface area contributed by atoms with Gasteiger partial charge in [-0.2, -0.15) is 10.2 Å². The van der Waals surface area contributed by atoms with Gasteiger partial charge >= 0.3 is 5.97 Å². The van der Waals surface area contributed by atoms with Gasteiger partial charge in [0.25, 0.3) is 0 Å². The number of oxazole rings is 1. The van der Waals surface area contributed by atoms with Crippen LogP contribution < -0.4 is 0 Å². The molecule has 0 saturated carbocycles. The van der Waals surface area contributed by atoms with Crippen molar-refractivity contribution in [1.29, 1.82) is 0 Å². The molecule has 0 atom stereocenters. The predicted molar refractivity (Wildman–Crippen MR) is 97.9 cm³/mol. The molecular formula is C17H12IN3O4. The molecule has 1 aromatic heterocycles. The molecule has 0 amide bonds. The number of rotatable bonds is 5. The number of carboxylic acids is 1. The lowest BCUT2D eigenvalue weighted by molar-refractivity contribution is 0.0693. The zero-order chi connectivity index (χ0) is 17.8. The zero-order valence-electron chi connectivity index (χ0n) is 12.8. The van der Waals surface area contributed by atoms with Gasteiger partial charge < -0.3 is 14.6 Å². The highest BCUT2D eigenvalue weighted by Crippen LogP contribution is 2.27. The van der Waals surface area contributed by atoms with Crippen molar-refractivity contribution in [1.82, 2.24) is 4.98 Å². The number of benzene rings is 2. The first kappa shape index (κ1) is 17.1. The first-order valence-corrected chi connectivity index (χ1v) is 8.23. The van der Waals surface area contributed by atoms with Gasteiger partial charge in [0.1, 0.15) is 11.3 Å². The molecule has 126 valence electrons. The third-order valence-corrected chi connectivity index (χ3v) is 4.20. The molecule has 2 aromatic carbocycles. The molecule has 7 nitrogen and oxygen atoms in total. The Hall–Kier alpha value is -2.75. The van der Waals surface area contributed by atoms with E-state index in [9.17, 15) is 9.90 Å². The monoisotopic (exact) mass is 449 g/mol. The molecule has 0 fully saturated rings. The summed E-state index contributed by atoms with van der Waals surface area (Å²) in [5.41, 5.74) is 2.06. The Labute approximate surface area is 156 Å². The molecule has 25 heavy (non-hydrogen) atoms. The summed E-state index contributed by atoms with van der Waals surface area (Å²) in [5.74, 6) is -0.752. The highest BCUT2D eigenvalue weighted by atomic mass is 127. The van der Waals surface area contributed by atoms with Gasteiger partial charge in [0.05, 0.1) is 22.0 Å². The number of hydrogen-bond acceptors (Lipinski definition) is 6. The number of carboxylic acid groups (broad SMARTS) is 1. The molecule has 0 spiro atoms. The van der Waals surface area contributed by atoms with Crippen LogP contribution in [-0.4, -0.2) is 21.2 Å². The Bertz CT molecular complexity index is 922. The molecule has 1 heterocycles. The molecule has 0 unspecified atom stereocenters. The number of phenols is 1. The number of nitrogens with zero attached hydrogens (tertiary/aromatic N) is 3. The number of aromatic hydroxyl groups is 1. The van der Waals surface area contributed by atoms with Gasteiger partial charge in [-0.3, -0.25) is 0 Å². The van der Waals surface area contributed by atoms with Gasteiger partial charge in [0.15, 0.2) is 12.2 Å². The van der Waals surface area contributed by atoms with Gasteiger partial charge in [-0.05, 0) is 64.6 Å². The van der Waals surface area contributed by atoms with Crippen LogP contribution in [0.4, 0.5) is 5.69 Å². The summed E-state index contributed by atoms with van der Waals surface area (Å²) in [6.07, 6.45) is 3.00. The number of hydrogen-bond donors (Lipinski definition) is 2. The number of aromatic carboxylic acids is 1. The van der Waals surface area contributed by atoms with Crippen molar-refractivity contribution in [2.75, 3.05) is 0 Å². The van der Waals surface area contributed by atoms with E-state index in [-0.39, 0.29) is 17.9 Å². The maximum Gasteiger partial charge on any atom is 0.339 e. The van der Waals surface area contributed by atoms with Crippen molar-refractivity contribution in [2.24, 2.45) is 10.2 Å². The fourth-order valence-corrected chi connectivity index (χ4v) is 2.85. The van der Waals surface area contributed by atoms with Crippen molar-refractivity contribution in [3.8, 4) is 17.1 Å². The molecule has 2 N–H and O–H groups in total. The average molecular weight is 449 g/mol. The van der Waals surface area contributed by atoms with E-state index in [1.165, 1.54) is 12.5 Å². The van der Waals surface area contributed by atoms with Crippen LogP contribution in [0.3, 0.4) is 0 Å². The van der Waals surface area contributed by atoms with E-state index in [4.69, 9.17) is 9.52 Å². The van der Waals surface area contributed by atoms with Crippen LogP contribution in [-0.2, 0) is 6.54 Å². The molecule has 0 aliphatic carbocycles. The molecule has 0 aliphatic rings. The predicted octanol–water partition coefficient (Wildman–Crippen LogP) is 4.63. The lowest BCUT2D eigenvalue weighted by Gasteiger charge is -2.05. The van der Waals surface area contributed by atoms with Crippen molar-refractivity contribution in [3.63, 3.8) is 0 Å². The quantitative estimate of drug-likeness (QED) is 0.436. The van der Waals surface area contributed by atoms with Crippen LogP contribution in [0.1, 0.15) is 15.9 Å². The second-order valence-corrected chi connectivity index (χ2v) is 6.25. The fraction of sp³-hybridized carbons (Fsp3) is 0.0588. The summed E-state index contributed by atoms with van der Waals surface area (Å²) in [6, 6.07) is 10.4. The third kappa shape index (κ3) is 4.02. The van der Waals surface area contributed by atoms with Crippen molar-refractivity contribution in [3.05, 3.63) is 63.7 Å². The smallest absolute Gasteiger partial charge is 0.339 e. The maximum atomic E-state index is 11.1.